The average molecular weight is 297 g/mol. The Labute approximate surface area is 121 Å². The number of aliphatic hydroxyl groups excluding tert-OH is 1. The van der Waals surface area contributed by atoms with Crippen molar-refractivity contribution in [3.63, 3.8) is 0 Å². The monoisotopic (exact) mass is 297 g/mol. The van der Waals surface area contributed by atoms with E-state index in [9.17, 15) is 8.42 Å². The lowest BCUT2D eigenvalue weighted by molar-refractivity contribution is 0.281. The first kappa shape index (κ1) is 15.5. The van der Waals surface area contributed by atoms with Gasteiger partial charge in [0, 0.05) is 13.1 Å². The van der Waals surface area contributed by atoms with Crippen LogP contribution in [0.15, 0.2) is 24.3 Å². The van der Waals surface area contributed by atoms with E-state index in [4.69, 9.17) is 5.11 Å². The largest absolute Gasteiger partial charge is 0.392 e. The van der Waals surface area contributed by atoms with Crippen molar-refractivity contribution in [2.45, 2.75) is 38.5 Å². The van der Waals surface area contributed by atoms with E-state index in [1.807, 2.05) is 6.92 Å². The van der Waals surface area contributed by atoms with Crippen LogP contribution in [0, 0.1) is 5.92 Å². The van der Waals surface area contributed by atoms with Gasteiger partial charge in [0.05, 0.1) is 12.4 Å². The second-order valence-electron chi connectivity index (χ2n) is 5.54. The maximum absolute atomic E-state index is 12.5. The molecule has 0 bridgehead atoms. The molecule has 1 N–H and O–H groups in total. The van der Waals surface area contributed by atoms with Crippen molar-refractivity contribution < 1.29 is 13.5 Å². The zero-order valence-corrected chi connectivity index (χ0v) is 12.8. The third-order valence-corrected chi connectivity index (χ3v) is 5.36. The van der Waals surface area contributed by atoms with Crippen LogP contribution in [-0.4, -0.2) is 30.9 Å². The molecule has 20 heavy (non-hydrogen) atoms. The molecule has 0 radical (unpaired) electrons. The highest BCUT2D eigenvalue weighted by molar-refractivity contribution is 7.88. The van der Waals surface area contributed by atoms with Crippen molar-refractivity contribution in [3.05, 3.63) is 35.4 Å². The van der Waals surface area contributed by atoms with Crippen molar-refractivity contribution >= 4 is 10.0 Å². The Hall–Kier alpha value is -0.910. The molecule has 1 aromatic rings. The first-order valence-electron chi connectivity index (χ1n) is 7.21. The third kappa shape index (κ3) is 4.30. The minimum Gasteiger partial charge on any atom is -0.392 e. The Bertz CT molecular complexity index is 538. The van der Waals surface area contributed by atoms with Crippen LogP contribution in [0.25, 0.3) is 0 Å². The van der Waals surface area contributed by atoms with Gasteiger partial charge < -0.3 is 5.11 Å². The smallest absolute Gasteiger partial charge is 0.218 e. The van der Waals surface area contributed by atoms with E-state index in [1.54, 1.807) is 28.6 Å². The van der Waals surface area contributed by atoms with Crippen molar-refractivity contribution in [1.82, 2.24) is 4.31 Å². The molecule has 1 fully saturated rings. The summed E-state index contributed by atoms with van der Waals surface area (Å²) in [5.74, 6) is 0.577. The normalized spacial score (nSPS) is 15.8. The Morgan fingerprint density at radius 3 is 2.60 bits per heavy atom. The summed E-state index contributed by atoms with van der Waals surface area (Å²) in [5.41, 5.74) is 1.50. The lowest BCUT2D eigenvalue weighted by atomic mass is 10.1. The first-order valence-corrected chi connectivity index (χ1v) is 8.82. The van der Waals surface area contributed by atoms with E-state index in [0.717, 1.165) is 30.4 Å². The molecule has 1 saturated carbocycles. The van der Waals surface area contributed by atoms with Gasteiger partial charge in [0.25, 0.3) is 0 Å². The molecule has 2 rings (SSSR count). The molecule has 0 heterocycles. The molecule has 5 heteroatoms. The lowest BCUT2D eigenvalue weighted by Crippen LogP contribution is -2.34. The molecular formula is C15H23NO3S. The van der Waals surface area contributed by atoms with Crippen molar-refractivity contribution in [3.8, 4) is 0 Å². The van der Waals surface area contributed by atoms with Crippen molar-refractivity contribution in [1.29, 1.82) is 0 Å². The van der Waals surface area contributed by atoms with Gasteiger partial charge >= 0.3 is 0 Å². The minimum atomic E-state index is -3.27. The standard InChI is InChI=1S/C15H23NO3S/c1-2-8-16(10-13-6-7-13)20(18,19)12-15-5-3-4-14(9-15)11-17/h3-5,9,13,17H,2,6-8,10-12H2,1H3. The van der Waals surface area contributed by atoms with Gasteiger partial charge in [-0.2, -0.15) is 0 Å². The van der Waals surface area contributed by atoms with E-state index >= 15 is 0 Å². The number of benzene rings is 1. The predicted octanol–water partition coefficient (Wildman–Crippen LogP) is 2.13. The van der Waals surface area contributed by atoms with Gasteiger partial charge in [-0.05, 0) is 36.3 Å². The van der Waals surface area contributed by atoms with Crippen LogP contribution >= 0.6 is 0 Å². The fraction of sp³-hybridized carbons (Fsp3) is 0.600. The van der Waals surface area contributed by atoms with Crippen LogP contribution in [-0.2, 0) is 22.4 Å². The van der Waals surface area contributed by atoms with Gasteiger partial charge in [-0.25, -0.2) is 12.7 Å². The van der Waals surface area contributed by atoms with Crippen LogP contribution in [0.4, 0.5) is 0 Å². The SMILES string of the molecule is CCCN(CC1CC1)S(=O)(=O)Cc1cccc(CO)c1. The number of hydrogen-bond donors (Lipinski definition) is 1. The highest BCUT2D eigenvalue weighted by Crippen LogP contribution is 2.31. The van der Waals surface area contributed by atoms with E-state index in [0.29, 0.717) is 19.0 Å². The molecule has 112 valence electrons. The molecule has 1 aliphatic rings. The molecule has 0 unspecified atom stereocenters. The van der Waals surface area contributed by atoms with Gasteiger partial charge in [0.2, 0.25) is 10.0 Å². The quantitative estimate of drug-likeness (QED) is 0.799. The molecule has 1 aromatic carbocycles. The van der Waals surface area contributed by atoms with Crippen molar-refractivity contribution in [2.75, 3.05) is 13.1 Å². The summed E-state index contributed by atoms with van der Waals surface area (Å²) in [4.78, 5) is 0. The fourth-order valence-electron chi connectivity index (χ4n) is 2.30. The summed E-state index contributed by atoms with van der Waals surface area (Å²) in [6, 6.07) is 7.16. The van der Waals surface area contributed by atoms with Gasteiger partial charge in [0.15, 0.2) is 0 Å². The van der Waals surface area contributed by atoms with Gasteiger partial charge in [-0.3, -0.25) is 0 Å². The average Bonchev–Trinajstić information content (AvgIpc) is 3.22. The van der Waals surface area contributed by atoms with Crippen LogP contribution in [0.5, 0.6) is 0 Å². The number of nitrogens with zero attached hydrogens (tertiary/aromatic N) is 1. The maximum Gasteiger partial charge on any atom is 0.218 e. The zero-order valence-electron chi connectivity index (χ0n) is 12.0. The Morgan fingerprint density at radius 1 is 1.30 bits per heavy atom. The van der Waals surface area contributed by atoms with Gasteiger partial charge in [-0.1, -0.05) is 31.2 Å². The Kier molecular flexibility index (Phi) is 5.18. The van der Waals surface area contributed by atoms with Crippen LogP contribution < -0.4 is 0 Å². The number of hydrogen-bond acceptors (Lipinski definition) is 3. The lowest BCUT2D eigenvalue weighted by Gasteiger charge is -2.21. The van der Waals surface area contributed by atoms with Gasteiger partial charge in [0.1, 0.15) is 0 Å². The van der Waals surface area contributed by atoms with Crippen LogP contribution in [0.1, 0.15) is 37.3 Å². The highest BCUT2D eigenvalue weighted by Gasteiger charge is 2.30. The molecule has 4 nitrogen and oxygen atoms in total. The topological polar surface area (TPSA) is 57.6 Å². The third-order valence-electron chi connectivity index (χ3n) is 3.55. The van der Waals surface area contributed by atoms with E-state index < -0.39 is 10.0 Å². The second-order valence-corrected chi connectivity index (χ2v) is 7.50. The van der Waals surface area contributed by atoms with Crippen LogP contribution in [0.3, 0.4) is 0 Å². The Morgan fingerprint density at radius 2 is 2.00 bits per heavy atom. The van der Waals surface area contributed by atoms with E-state index in [2.05, 4.69) is 0 Å². The molecule has 0 spiro atoms. The van der Waals surface area contributed by atoms with E-state index in [1.165, 1.54) is 0 Å². The van der Waals surface area contributed by atoms with Crippen molar-refractivity contribution in [2.24, 2.45) is 5.92 Å². The summed E-state index contributed by atoms with van der Waals surface area (Å²) in [7, 11) is -3.27. The number of sulfonamides is 1. The number of aliphatic hydroxyl groups is 1. The number of rotatable bonds is 8. The van der Waals surface area contributed by atoms with Crippen LogP contribution in [0.2, 0.25) is 0 Å². The zero-order chi connectivity index (χ0) is 14.6. The molecular weight excluding hydrogens is 274 g/mol. The highest BCUT2D eigenvalue weighted by atomic mass is 32.2. The first-order chi connectivity index (χ1) is 9.55. The summed E-state index contributed by atoms with van der Waals surface area (Å²) < 4.78 is 26.7. The second kappa shape index (κ2) is 6.70. The minimum absolute atomic E-state index is 0.0214. The van der Waals surface area contributed by atoms with Gasteiger partial charge in [-0.15, -0.1) is 0 Å². The molecule has 0 aliphatic heterocycles. The fourth-order valence-corrected chi connectivity index (χ4v) is 3.98. The summed E-state index contributed by atoms with van der Waals surface area (Å²) in [5, 5.41) is 9.12. The molecule has 0 atom stereocenters. The summed E-state index contributed by atoms with van der Waals surface area (Å²) in [6.07, 6.45) is 3.13. The van der Waals surface area contributed by atoms with E-state index in [-0.39, 0.29) is 12.4 Å². The molecule has 0 aromatic heterocycles. The summed E-state index contributed by atoms with van der Waals surface area (Å²) in [6.45, 7) is 3.20. The predicted molar refractivity (Wildman–Crippen MR) is 79.6 cm³/mol. The molecule has 0 saturated heterocycles. The molecule has 1 aliphatic carbocycles. The maximum atomic E-state index is 12.5. The Balaban J connectivity index is 2.10. The summed E-state index contributed by atoms with van der Waals surface area (Å²) >= 11 is 0. The molecule has 0 amide bonds.